The Morgan fingerprint density at radius 3 is 2.79 bits per heavy atom. The van der Waals surface area contributed by atoms with Crippen LogP contribution in [0.15, 0.2) is 24.3 Å². The second-order valence-corrected chi connectivity index (χ2v) is 6.05. The summed E-state index contributed by atoms with van der Waals surface area (Å²) in [5.74, 6) is 0. The van der Waals surface area contributed by atoms with E-state index in [0.29, 0.717) is 12.1 Å². The van der Waals surface area contributed by atoms with Crippen molar-refractivity contribution in [3.05, 3.63) is 34.9 Å². The van der Waals surface area contributed by atoms with Gasteiger partial charge >= 0.3 is 0 Å². The largest absolute Gasteiger partial charge is 0.314 e. The molecule has 0 radical (unpaired) electrons. The SMILES string of the molecule is CC(CC1CCCCN1)NCCc1ccc(Cl)cc1. The molecule has 1 aromatic carbocycles. The molecule has 1 aromatic rings. The Bertz CT molecular complexity index is 358. The minimum absolute atomic E-state index is 0.586. The van der Waals surface area contributed by atoms with Crippen molar-refractivity contribution in [3.8, 4) is 0 Å². The van der Waals surface area contributed by atoms with Crippen molar-refractivity contribution in [1.82, 2.24) is 10.6 Å². The summed E-state index contributed by atoms with van der Waals surface area (Å²) in [5.41, 5.74) is 1.35. The molecule has 2 N–H and O–H groups in total. The van der Waals surface area contributed by atoms with E-state index in [-0.39, 0.29) is 0 Å². The van der Waals surface area contributed by atoms with Gasteiger partial charge in [0, 0.05) is 17.1 Å². The fourth-order valence-corrected chi connectivity index (χ4v) is 2.88. The van der Waals surface area contributed by atoms with Gasteiger partial charge in [-0.15, -0.1) is 0 Å². The van der Waals surface area contributed by atoms with Crippen LogP contribution in [0.25, 0.3) is 0 Å². The molecule has 2 atom stereocenters. The van der Waals surface area contributed by atoms with E-state index in [0.717, 1.165) is 18.0 Å². The number of hydrogen-bond acceptors (Lipinski definition) is 2. The van der Waals surface area contributed by atoms with Gasteiger partial charge < -0.3 is 10.6 Å². The smallest absolute Gasteiger partial charge is 0.0406 e. The molecule has 0 spiro atoms. The van der Waals surface area contributed by atoms with Crippen molar-refractivity contribution in [2.45, 2.75) is 51.1 Å². The van der Waals surface area contributed by atoms with Crippen molar-refractivity contribution in [2.75, 3.05) is 13.1 Å². The first-order chi connectivity index (χ1) is 9.24. The van der Waals surface area contributed by atoms with Crippen LogP contribution >= 0.6 is 11.6 Å². The number of hydrogen-bond donors (Lipinski definition) is 2. The lowest BCUT2D eigenvalue weighted by molar-refractivity contribution is 0.346. The van der Waals surface area contributed by atoms with Crippen LogP contribution < -0.4 is 10.6 Å². The minimum atomic E-state index is 0.586. The number of halogens is 1. The maximum Gasteiger partial charge on any atom is 0.0406 e. The van der Waals surface area contributed by atoms with Gasteiger partial charge in [0.1, 0.15) is 0 Å². The highest BCUT2D eigenvalue weighted by Gasteiger charge is 2.15. The highest BCUT2D eigenvalue weighted by Crippen LogP contribution is 2.12. The molecule has 1 saturated heterocycles. The second-order valence-electron chi connectivity index (χ2n) is 5.61. The van der Waals surface area contributed by atoms with Gasteiger partial charge in [0.15, 0.2) is 0 Å². The van der Waals surface area contributed by atoms with Gasteiger partial charge in [-0.25, -0.2) is 0 Å². The quantitative estimate of drug-likeness (QED) is 0.835. The van der Waals surface area contributed by atoms with E-state index in [4.69, 9.17) is 11.6 Å². The van der Waals surface area contributed by atoms with Crippen LogP contribution in [-0.4, -0.2) is 25.2 Å². The molecule has 0 saturated carbocycles. The summed E-state index contributed by atoms with van der Waals surface area (Å²) in [7, 11) is 0. The molecule has 2 unspecified atom stereocenters. The zero-order chi connectivity index (χ0) is 13.5. The average Bonchev–Trinajstić information content (AvgIpc) is 2.42. The highest BCUT2D eigenvalue weighted by atomic mass is 35.5. The third-order valence-electron chi connectivity index (χ3n) is 3.87. The van der Waals surface area contributed by atoms with Gasteiger partial charge in [-0.2, -0.15) is 0 Å². The molecule has 1 aliphatic heterocycles. The Morgan fingerprint density at radius 2 is 2.11 bits per heavy atom. The lowest BCUT2D eigenvalue weighted by atomic mass is 9.99. The van der Waals surface area contributed by atoms with Crippen LogP contribution in [0.1, 0.15) is 38.2 Å². The van der Waals surface area contributed by atoms with Gasteiger partial charge in [-0.05, 0) is 63.4 Å². The van der Waals surface area contributed by atoms with E-state index in [9.17, 15) is 0 Å². The average molecular weight is 281 g/mol. The van der Waals surface area contributed by atoms with Crippen molar-refractivity contribution in [3.63, 3.8) is 0 Å². The van der Waals surface area contributed by atoms with E-state index < -0.39 is 0 Å². The first-order valence-electron chi connectivity index (χ1n) is 7.45. The van der Waals surface area contributed by atoms with E-state index in [1.807, 2.05) is 12.1 Å². The van der Waals surface area contributed by atoms with Crippen LogP contribution in [0, 0.1) is 0 Å². The molecule has 106 valence electrons. The van der Waals surface area contributed by atoms with Crippen molar-refractivity contribution in [2.24, 2.45) is 0 Å². The summed E-state index contributed by atoms with van der Waals surface area (Å²) in [6, 6.07) is 9.45. The Hall–Kier alpha value is -0.570. The standard InChI is InChI=1S/C16H25ClN2/c1-13(12-16-4-2-3-10-19-16)18-11-9-14-5-7-15(17)8-6-14/h5-8,13,16,18-19H,2-4,9-12H2,1H3. The normalized spacial score (nSPS) is 21.3. The van der Waals surface area contributed by atoms with Gasteiger partial charge in [0.2, 0.25) is 0 Å². The topological polar surface area (TPSA) is 24.1 Å². The van der Waals surface area contributed by atoms with Crippen LogP contribution in [0.4, 0.5) is 0 Å². The van der Waals surface area contributed by atoms with E-state index in [2.05, 4.69) is 29.7 Å². The fraction of sp³-hybridized carbons (Fsp3) is 0.625. The van der Waals surface area contributed by atoms with Crippen molar-refractivity contribution in [1.29, 1.82) is 0 Å². The number of benzene rings is 1. The van der Waals surface area contributed by atoms with E-state index >= 15 is 0 Å². The maximum absolute atomic E-state index is 5.88. The number of piperidine rings is 1. The molecule has 0 bridgehead atoms. The van der Waals surface area contributed by atoms with Crippen molar-refractivity contribution < 1.29 is 0 Å². The summed E-state index contributed by atoms with van der Waals surface area (Å²) < 4.78 is 0. The molecule has 0 aliphatic carbocycles. The predicted molar refractivity (Wildman–Crippen MR) is 82.9 cm³/mol. The summed E-state index contributed by atoms with van der Waals surface area (Å²) in [6.45, 7) is 4.52. The van der Waals surface area contributed by atoms with Gasteiger partial charge in [-0.1, -0.05) is 30.2 Å². The van der Waals surface area contributed by atoms with Gasteiger partial charge in [0.25, 0.3) is 0 Å². The molecular formula is C16H25ClN2. The lowest BCUT2D eigenvalue weighted by Crippen LogP contribution is -2.40. The van der Waals surface area contributed by atoms with Crippen LogP contribution in [-0.2, 0) is 6.42 Å². The Labute approximate surface area is 121 Å². The van der Waals surface area contributed by atoms with Crippen LogP contribution in [0.5, 0.6) is 0 Å². The second kappa shape index (κ2) is 7.88. The zero-order valence-corrected chi connectivity index (χ0v) is 12.5. The molecule has 2 nitrogen and oxygen atoms in total. The molecule has 1 fully saturated rings. The first kappa shape index (κ1) is 14.8. The lowest BCUT2D eigenvalue weighted by Gasteiger charge is -2.26. The molecule has 3 heteroatoms. The van der Waals surface area contributed by atoms with Crippen LogP contribution in [0.2, 0.25) is 5.02 Å². The van der Waals surface area contributed by atoms with E-state index in [1.165, 1.54) is 37.8 Å². The summed E-state index contributed by atoms with van der Waals surface area (Å²) in [5, 5.41) is 8.04. The Balaban J connectivity index is 1.63. The molecule has 19 heavy (non-hydrogen) atoms. The van der Waals surface area contributed by atoms with Crippen LogP contribution in [0.3, 0.4) is 0 Å². The molecule has 0 amide bonds. The van der Waals surface area contributed by atoms with E-state index in [1.54, 1.807) is 0 Å². The zero-order valence-electron chi connectivity index (χ0n) is 11.8. The maximum atomic E-state index is 5.88. The van der Waals surface area contributed by atoms with Gasteiger partial charge in [-0.3, -0.25) is 0 Å². The fourth-order valence-electron chi connectivity index (χ4n) is 2.75. The molecular weight excluding hydrogens is 256 g/mol. The number of nitrogens with one attached hydrogen (secondary N) is 2. The summed E-state index contributed by atoms with van der Waals surface area (Å²) >= 11 is 5.88. The molecule has 0 aromatic heterocycles. The molecule has 2 rings (SSSR count). The first-order valence-corrected chi connectivity index (χ1v) is 7.83. The predicted octanol–water partition coefficient (Wildman–Crippen LogP) is 3.39. The highest BCUT2D eigenvalue weighted by molar-refractivity contribution is 6.30. The Morgan fingerprint density at radius 1 is 1.32 bits per heavy atom. The number of rotatable bonds is 6. The Kier molecular flexibility index (Phi) is 6.15. The minimum Gasteiger partial charge on any atom is -0.314 e. The third kappa shape index (κ3) is 5.52. The van der Waals surface area contributed by atoms with Gasteiger partial charge in [0.05, 0.1) is 0 Å². The monoisotopic (exact) mass is 280 g/mol. The third-order valence-corrected chi connectivity index (χ3v) is 4.12. The molecule has 1 heterocycles. The summed E-state index contributed by atoms with van der Waals surface area (Å²) in [4.78, 5) is 0. The molecule has 1 aliphatic rings. The van der Waals surface area contributed by atoms with Crippen molar-refractivity contribution >= 4 is 11.6 Å². The summed E-state index contributed by atoms with van der Waals surface area (Å²) in [6.07, 6.45) is 6.37.